The highest BCUT2D eigenvalue weighted by molar-refractivity contribution is 8.77. The van der Waals surface area contributed by atoms with Gasteiger partial charge in [-0.3, -0.25) is 9.59 Å². The Morgan fingerprint density at radius 1 is 1.25 bits per heavy atom. The number of aryl methyl sites for hydroxylation is 1. The molecule has 5 atom stereocenters. The summed E-state index contributed by atoms with van der Waals surface area (Å²) in [6, 6.07) is 5.82. The average Bonchev–Trinajstić information content (AvgIpc) is 3.37. The topological polar surface area (TPSA) is 88.6 Å². The largest absolute Gasteiger partial charge is 0.504 e. The van der Waals surface area contributed by atoms with Crippen LogP contribution >= 0.6 is 21.6 Å². The van der Waals surface area contributed by atoms with Crippen molar-refractivity contribution in [3.8, 4) is 11.5 Å². The lowest BCUT2D eigenvalue weighted by Crippen LogP contribution is -2.34. The van der Waals surface area contributed by atoms with Gasteiger partial charge in [-0.05, 0) is 54.2 Å². The van der Waals surface area contributed by atoms with Crippen LogP contribution in [-0.2, 0) is 20.7 Å². The number of ketones is 1. The van der Waals surface area contributed by atoms with Gasteiger partial charge in [0.25, 0.3) is 0 Å². The molecular formula is C28H37NO5S2. The number of carbonyl (C=O) groups excluding carboxylic acids is 2. The van der Waals surface area contributed by atoms with E-state index in [1.54, 1.807) is 13.2 Å². The fourth-order valence-corrected chi connectivity index (χ4v) is 9.10. The van der Waals surface area contributed by atoms with Crippen LogP contribution in [0.4, 0.5) is 0 Å². The van der Waals surface area contributed by atoms with E-state index in [9.17, 15) is 14.7 Å². The smallest absolute Gasteiger partial charge is 0.302 e. The van der Waals surface area contributed by atoms with E-state index in [0.717, 1.165) is 49.0 Å². The third kappa shape index (κ3) is 6.25. The molecule has 6 nitrogen and oxygen atoms in total. The third-order valence-corrected chi connectivity index (χ3v) is 10.6. The van der Waals surface area contributed by atoms with E-state index < -0.39 is 6.10 Å². The highest BCUT2D eigenvalue weighted by Gasteiger charge is 2.38. The minimum absolute atomic E-state index is 0.0316. The Morgan fingerprint density at radius 3 is 2.78 bits per heavy atom. The predicted molar refractivity (Wildman–Crippen MR) is 146 cm³/mol. The molecule has 0 amide bonds. The van der Waals surface area contributed by atoms with Crippen molar-refractivity contribution in [3.63, 3.8) is 0 Å². The molecule has 1 aromatic heterocycles. The number of esters is 1. The molecule has 1 fully saturated rings. The first-order chi connectivity index (χ1) is 17.4. The van der Waals surface area contributed by atoms with Gasteiger partial charge in [0.2, 0.25) is 0 Å². The molecule has 1 saturated heterocycles. The first-order valence-corrected chi connectivity index (χ1v) is 15.3. The van der Waals surface area contributed by atoms with Crippen LogP contribution in [-0.4, -0.2) is 46.1 Å². The zero-order chi connectivity index (χ0) is 25.7. The van der Waals surface area contributed by atoms with E-state index in [2.05, 4.69) is 18.0 Å². The number of aromatic amines is 1. The summed E-state index contributed by atoms with van der Waals surface area (Å²) < 4.78 is 11.3. The third-order valence-electron chi connectivity index (χ3n) is 7.56. The quantitative estimate of drug-likeness (QED) is 0.330. The first-order valence-electron chi connectivity index (χ1n) is 12.9. The number of nitrogens with one attached hydrogen (secondary N) is 1. The van der Waals surface area contributed by atoms with Gasteiger partial charge in [-0.15, -0.1) is 0 Å². The summed E-state index contributed by atoms with van der Waals surface area (Å²) in [6.45, 7) is 3.61. The van der Waals surface area contributed by atoms with Crippen LogP contribution in [0, 0.1) is 5.92 Å². The van der Waals surface area contributed by atoms with Crippen LogP contribution in [0.25, 0.3) is 0 Å². The Hall–Kier alpha value is -2.06. The first kappa shape index (κ1) is 27.0. The van der Waals surface area contributed by atoms with E-state index >= 15 is 0 Å². The molecule has 1 aliphatic heterocycles. The molecule has 2 heterocycles. The molecule has 2 aliphatic rings. The molecule has 36 heavy (non-hydrogen) atoms. The van der Waals surface area contributed by atoms with Gasteiger partial charge in [0.15, 0.2) is 11.5 Å². The van der Waals surface area contributed by atoms with Crippen molar-refractivity contribution < 1.29 is 24.2 Å². The molecule has 0 spiro atoms. The predicted octanol–water partition coefficient (Wildman–Crippen LogP) is 6.39. The SMILES string of the molecule is CCCC[C@H]1[C@@H](OC(C)=O)CC(=O)C[C@H]2c3cc(OC)c(O)cc3CC[C@H]2SSC[C@@H]1c1cc[nH]c1. The van der Waals surface area contributed by atoms with Crippen molar-refractivity contribution in [3.05, 3.63) is 47.3 Å². The highest BCUT2D eigenvalue weighted by Crippen LogP contribution is 2.50. The number of aromatic hydroxyl groups is 1. The number of carbonyl (C=O) groups is 2. The maximum atomic E-state index is 13.6. The van der Waals surface area contributed by atoms with Crippen LogP contribution in [0.5, 0.6) is 11.5 Å². The van der Waals surface area contributed by atoms with Crippen molar-refractivity contribution in [1.82, 2.24) is 4.98 Å². The average molecular weight is 532 g/mol. The summed E-state index contributed by atoms with van der Waals surface area (Å²) in [4.78, 5) is 29.0. The number of fused-ring (bicyclic) bond motifs is 3. The second kappa shape index (κ2) is 12.5. The maximum Gasteiger partial charge on any atom is 0.302 e. The molecule has 0 radical (unpaired) electrons. The summed E-state index contributed by atoms with van der Waals surface area (Å²) >= 11 is 0. The Balaban J connectivity index is 1.70. The molecule has 196 valence electrons. The van der Waals surface area contributed by atoms with E-state index in [-0.39, 0.29) is 46.9 Å². The van der Waals surface area contributed by atoms with Crippen molar-refractivity contribution in [2.24, 2.45) is 5.92 Å². The lowest BCUT2D eigenvalue weighted by atomic mass is 9.77. The summed E-state index contributed by atoms with van der Waals surface area (Å²) in [7, 11) is 5.30. The number of hydrogen-bond acceptors (Lipinski definition) is 7. The molecule has 0 saturated carbocycles. The van der Waals surface area contributed by atoms with Gasteiger partial charge in [0.1, 0.15) is 11.9 Å². The molecule has 2 N–H and O–H groups in total. The molecule has 1 aliphatic carbocycles. The normalized spacial score (nSPS) is 26.9. The van der Waals surface area contributed by atoms with Crippen LogP contribution in [0.3, 0.4) is 0 Å². The highest BCUT2D eigenvalue weighted by atomic mass is 33.1. The molecule has 4 rings (SSSR count). The number of unbranched alkanes of at least 4 members (excludes halogenated alkanes) is 1. The van der Waals surface area contributed by atoms with Crippen LogP contribution in [0.2, 0.25) is 0 Å². The minimum Gasteiger partial charge on any atom is -0.504 e. The van der Waals surface area contributed by atoms with Crippen molar-refractivity contribution in [1.29, 1.82) is 0 Å². The Kier molecular flexibility index (Phi) is 9.34. The standard InChI is InChI=1S/C28H37NO5S2/c1-4-5-6-21-24(19-9-10-29-15-19)16-35-36-28-8-7-18-11-25(32)27(33-3)14-22(18)23(28)12-20(31)13-26(21)34-17(2)30/h9-11,14-15,21,23-24,26,28-29,32H,4-8,12-13,16H2,1-3H3/t21-,23+,24-,26+,28-/m1/s1. The number of methoxy groups -OCH3 is 1. The number of ether oxygens (including phenoxy) is 2. The molecule has 8 heteroatoms. The van der Waals surface area contributed by atoms with Gasteiger partial charge in [-0.2, -0.15) is 0 Å². The molecule has 2 aromatic rings. The molecule has 1 aromatic carbocycles. The van der Waals surface area contributed by atoms with Crippen molar-refractivity contribution >= 4 is 33.3 Å². The van der Waals surface area contributed by atoms with Gasteiger partial charge in [-0.1, -0.05) is 41.4 Å². The monoisotopic (exact) mass is 531 g/mol. The number of rotatable bonds is 6. The van der Waals surface area contributed by atoms with Gasteiger partial charge in [-0.25, -0.2) is 0 Å². The second-order valence-electron chi connectivity index (χ2n) is 9.94. The number of Topliss-reactive ketones (excluding diaryl/α,β-unsaturated/α-hetero) is 1. The number of phenols is 1. The lowest BCUT2D eigenvalue weighted by molar-refractivity contribution is -0.151. The van der Waals surface area contributed by atoms with Gasteiger partial charge in [0.05, 0.1) is 7.11 Å². The minimum atomic E-state index is -0.444. The molecule has 0 unspecified atom stereocenters. The fourth-order valence-electron chi connectivity index (χ4n) is 5.78. The lowest BCUT2D eigenvalue weighted by Gasteiger charge is -2.33. The Labute approximate surface area is 221 Å². The second-order valence-corrected chi connectivity index (χ2v) is 12.6. The Bertz CT molecular complexity index is 1040. The van der Waals surface area contributed by atoms with Crippen LogP contribution in [0.15, 0.2) is 30.6 Å². The fraction of sp³-hybridized carbons (Fsp3) is 0.571. The van der Waals surface area contributed by atoms with Gasteiger partial charge >= 0.3 is 5.97 Å². The van der Waals surface area contributed by atoms with Crippen LogP contribution in [0.1, 0.15) is 80.9 Å². The van der Waals surface area contributed by atoms with Crippen molar-refractivity contribution in [2.45, 2.75) is 82.0 Å². The number of aromatic nitrogens is 1. The number of H-pyrrole nitrogens is 1. The summed E-state index contributed by atoms with van der Waals surface area (Å²) in [5.74, 6) is 1.55. The summed E-state index contributed by atoms with van der Waals surface area (Å²) in [6.07, 6.45) is 8.98. The summed E-state index contributed by atoms with van der Waals surface area (Å²) in [5.41, 5.74) is 3.39. The van der Waals surface area contributed by atoms with Crippen LogP contribution < -0.4 is 4.74 Å². The molecular weight excluding hydrogens is 494 g/mol. The summed E-state index contributed by atoms with van der Waals surface area (Å²) in [5, 5.41) is 10.6. The van der Waals surface area contributed by atoms with Crippen molar-refractivity contribution in [2.75, 3.05) is 12.9 Å². The van der Waals surface area contributed by atoms with Gasteiger partial charge < -0.3 is 19.6 Å². The number of hydrogen-bond donors (Lipinski definition) is 2. The van der Waals surface area contributed by atoms with E-state index in [4.69, 9.17) is 9.47 Å². The van der Waals surface area contributed by atoms with Gasteiger partial charge in [0, 0.05) is 60.9 Å². The number of phenolic OH excluding ortho intramolecular Hbond substituents is 1. The zero-order valence-electron chi connectivity index (χ0n) is 21.3. The van der Waals surface area contributed by atoms with E-state index in [1.165, 1.54) is 12.5 Å². The zero-order valence-corrected chi connectivity index (χ0v) is 23.0. The molecule has 0 bridgehead atoms. The van der Waals surface area contributed by atoms with E-state index in [1.807, 2.05) is 40.0 Å². The maximum absolute atomic E-state index is 13.6. The Morgan fingerprint density at radius 2 is 2.08 bits per heavy atom. The number of benzene rings is 1. The van der Waals surface area contributed by atoms with E-state index in [0.29, 0.717) is 12.2 Å².